The summed E-state index contributed by atoms with van der Waals surface area (Å²) in [6, 6.07) is 9.18. The monoisotopic (exact) mass is 244 g/mol. The van der Waals surface area contributed by atoms with Crippen LogP contribution in [0.4, 0.5) is 0 Å². The summed E-state index contributed by atoms with van der Waals surface area (Å²) >= 11 is 0. The van der Waals surface area contributed by atoms with Gasteiger partial charge in [-0.1, -0.05) is 24.3 Å². The van der Waals surface area contributed by atoms with E-state index >= 15 is 0 Å². The molecule has 1 aliphatic carbocycles. The molecule has 1 unspecified atom stereocenters. The van der Waals surface area contributed by atoms with Gasteiger partial charge in [-0.2, -0.15) is 0 Å². The topological polar surface area (TPSA) is 41.1 Å². The predicted molar refractivity (Wildman–Crippen MR) is 71.4 cm³/mol. The Balaban J connectivity index is 1.51. The fourth-order valence-corrected chi connectivity index (χ4v) is 3.10. The van der Waals surface area contributed by atoms with Crippen molar-refractivity contribution in [1.82, 2.24) is 10.6 Å². The normalized spacial score (nSPS) is 23.0. The van der Waals surface area contributed by atoms with E-state index in [1.54, 1.807) is 0 Å². The lowest BCUT2D eigenvalue weighted by molar-refractivity contribution is -0.122. The molecule has 3 rings (SSSR count). The minimum Gasteiger partial charge on any atom is -0.353 e. The van der Waals surface area contributed by atoms with E-state index in [4.69, 9.17) is 0 Å². The van der Waals surface area contributed by atoms with Crippen LogP contribution in [0.25, 0.3) is 0 Å². The summed E-state index contributed by atoms with van der Waals surface area (Å²) in [5, 5.41) is 6.54. The second-order valence-electron chi connectivity index (χ2n) is 5.44. The van der Waals surface area contributed by atoms with Crippen molar-refractivity contribution >= 4 is 5.91 Å². The molecule has 1 aromatic carbocycles. The molecule has 1 saturated heterocycles. The van der Waals surface area contributed by atoms with Crippen LogP contribution >= 0.6 is 0 Å². The smallest absolute Gasteiger partial charge is 0.221 e. The van der Waals surface area contributed by atoms with Gasteiger partial charge in [-0.3, -0.25) is 4.79 Å². The molecular formula is C15H20N2O. The molecule has 1 aromatic rings. The highest BCUT2D eigenvalue weighted by molar-refractivity contribution is 5.77. The molecular weight excluding hydrogens is 224 g/mol. The molecule has 0 bridgehead atoms. The molecule has 3 heteroatoms. The van der Waals surface area contributed by atoms with E-state index in [-0.39, 0.29) is 5.91 Å². The number of benzene rings is 1. The van der Waals surface area contributed by atoms with Crippen LogP contribution in [0.3, 0.4) is 0 Å². The van der Waals surface area contributed by atoms with Gasteiger partial charge in [-0.05, 0) is 43.4 Å². The zero-order valence-corrected chi connectivity index (χ0v) is 10.6. The first-order valence-electron chi connectivity index (χ1n) is 6.91. The molecule has 0 spiro atoms. The van der Waals surface area contributed by atoms with Gasteiger partial charge in [0, 0.05) is 18.5 Å². The number of nitrogens with one attached hydrogen (secondary N) is 2. The van der Waals surface area contributed by atoms with Gasteiger partial charge in [0.05, 0.1) is 0 Å². The first kappa shape index (κ1) is 11.7. The number of amides is 1. The molecule has 3 nitrogen and oxygen atoms in total. The average molecular weight is 244 g/mol. The lowest BCUT2D eigenvalue weighted by atomic mass is 10.1. The third-order valence-electron chi connectivity index (χ3n) is 4.01. The Bertz CT molecular complexity index is 413. The summed E-state index contributed by atoms with van der Waals surface area (Å²) in [5.74, 6) is 0.201. The van der Waals surface area contributed by atoms with E-state index in [1.165, 1.54) is 17.5 Å². The van der Waals surface area contributed by atoms with Crippen molar-refractivity contribution in [2.24, 2.45) is 0 Å². The molecule has 18 heavy (non-hydrogen) atoms. The summed E-state index contributed by atoms with van der Waals surface area (Å²) in [5.41, 5.74) is 2.78. The van der Waals surface area contributed by atoms with E-state index in [0.29, 0.717) is 18.5 Å². The van der Waals surface area contributed by atoms with Crippen molar-refractivity contribution in [2.75, 3.05) is 6.54 Å². The van der Waals surface area contributed by atoms with Crippen molar-refractivity contribution in [3.8, 4) is 0 Å². The maximum atomic E-state index is 12.0. The molecule has 1 heterocycles. The molecule has 96 valence electrons. The van der Waals surface area contributed by atoms with Gasteiger partial charge in [-0.15, -0.1) is 0 Å². The van der Waals surface area contributed by atoms with E-state index in [9.17, 15) is 4.79 Å². The SMILES string of the molecule is O=C(CC1CCCN1)NC1Cc2ccccc2C1. The maximum Gasteiger partial charge on any atom is 0.221 e. The molecule has 1 atom stereocenters. The van der Waals surface area contributed by atoms with E-state index in [1.807, 2.05) is 0 Å². The van der Waals surface area contributed by atoms with E-state index in [2.05, 4.69) is 34.9 Å². The lowest BCUT2D eigenvalue weighted by Crippen LogP contribution is -2.38. The number of carbonyl (C=O) groups excluding carboxylic acids is 1. The number of carbonyl (C=O) groups is 1. The van der Waals surface area contributed by atoms with Crippen LogP contribution < -0.4 is 10.6 Å². The van der Waals surface area contributed by atoms with Crippen molar-refractivity contribution in [2.45, 2.75) is 44.2 Å². The fourth-order valence-electron chi connectivity index (χ4n) is 3.10. The first-order chi connectivity index (χ1) is 8.81. The van der Waals surface area contributed by atoms with Crippen LogP contribution in [0.15, 0.2) is 24.3 Å². The van der Waals surface area contributed by atoms with Gasteiger partial charge in [0.25, 0.3) is 0 Å². The minimum atomic E-state index is 0.201. The highest BCUT2D eigenvalue weighted by atomic mass is 16.1. The summed E-state index contributed by atoms with van der Waals surface area (Å²) in [6.45, 7) is 1.06. The second-order valence-corrected chi connectivity index (χ2v) is 5.44. The van der Waals surface area contributed by atoms with E-state index < -0.39 is 0 Å². The molecule has 0 saturated carbocycles. The summed E-state index contributed by atoms with van der Waals surface area (Å²) in [4.78, 5) is 12.0. The second kappa shape index (κ2) is 5.11. The highest BCUT2D eigenvalue weighted by Gasteiger charge is 2.24. The van der Waals surface area contributed by atoms with Crippen LogP contribution in [0.1, 0.15) is 30.4 Å². The van der Waals surface area contributed by atoms with Crippen LogP contribution in [0, 0.1) is 0 Å². The Labute approximate surface area is 108 Å². The van der Waals surface area contributed by atoms with Crippen LogP contribution in [-0.2, 0) is 17.6 Å². The van der Waals surface area contributed by atoms with Crippen LogP contribution in [0.2, 0.25) is 0 Å². The van der Waals surface area contributed by atoms with E-state index in [0.717, 1.165) is 25.8 Å². The summed E-state index contributed by atoms with van der Waals surface area (Å²) in [7, 11) is 0. The summed E-state index contributed by atoms with van der Waals surface area (Å²) < 4.78 is 0. The van der Waals surface area contributed by atoms with Gasteiger partial charge in [0.2, 0.25) is 5.91 Å². The zero-order valence-electron chi connectivity index (χ0n) is 10.6. The molecule has 1 aliphatic heterocycles. The van der Waals surface area contributed by atoms with Gasteiger partial charge < -0.3 is 10.6 Å². The van der Waals surface area contributed by atoms with Crippen LogP contribution in [-0.4, -0.2) is 24.5 Å². The van der Waals surface area contributed by atoms with Crippen LogP contribution in [0.5, 0.6) is 0 Å². The molecule has 2 N–H and O–H groups in total. The molecule has 1 amide bonds. The molecule has 1 fully saturated rings. The minimum absolute atomic E-state index is 0.201. The Kier molecular flexibility index (Phi) is 3.33. The Morgan fingerprint density at radius 2 is 2.00 bits per heavy atom. The van der Waals surface area contributed by atoms with Crippen molar-refractivity contribution < 1.29 is 4.79 Å². The Hall–Kier alpha value is -1.35. The van der Waals surface area contributed by atoms with Gasteiger partial charge >= 0.3 is 0 Å². The zero-order chi connectivity index (χ0) is 12.4. The number of hydrogen-bond acceptors (Lipinski definition) is 2. The quantitative estimate of drug-likeness (QED) is 0.844. The molecule has 2 aliphatic rings. The third-order valence-corrected chi connectivity index (χ3v) is 4.01. The number of rotatable bonds is 3. The van der Waals surface area contributed by atoms with Gasteiger partial charge in [0.15, 0.2) is 0 Å². The highest BCUT2D eigenvalue weighted by Crippen LogP contribution is 2.21. The van der Waals surface area contributed by atoms with Crippen molar-refractivity contribution in [1.29, 1.82) is 0 Å². The predicted octanol–water partition coefficient (Wildman–Crippen LogP) is 1.41. The first-order valence-corrected chi connectivity index (χ1v) is 6.91. The Morgan fingerprint density at radius 3 is 2.61 bits per heavy atom. The third kappa shape index (κ3) is 2.56. The fraction of sp³-hybridized carbons (Fsp3) is 0.533. The number of hydrogen-bond donors (Lipinski definition) is 2. The van der Waals surface area contributed by atoms with Crippen molar-refractivity contribution in [3.63, 3.8) is 0 Å². The number of fused-ring (bicyclic) bond motifs is 1. The maximum absolute atomic E-state index is 12.0. The summed E-state index contributed by atoms with van der Waals surface area (Å²) in [6.07, 6.45) is 4.94. The molecule has 0 aromatic heterocycles. The Morgan fingerprint density at radius 1 is 1.28 bits per heavy atom. The average Bonchev–Trinajstić information content (AvgIpc) is 2.96. The van der Waals surface area contributed by atoms with Gasteiger partial charge in [-0.25, -0.2) is 0 Å². The molecule has 0 radical (unpaired) electrons. The van der Waals surface area contributed by atoms with Crippen molar-refractivity contribution in [3.05, 3.63) is 35.4 Å². The van der Waals surface area contributed by atoms with Gasteiger partial charge in [0.1, 0.15) is 0 Å². The largest absolute Gasteiger partial charge is 0.353 e. The lowest BCUT2D eigenvalue weighted by Gasteiger charge is -2.14. The standard InChI is InChI=1S/C15H20N2O/c18-15(10-13-6-3-7-16-13)17-14-8-11-4-1-2-5-12(11)9-14/h1-2,4-5,13-14,16H,3,6-10H2,(H,17,18).